The highest BCUT2D eigenvalue weighted by atomic mass is 32.2. The quantitative estimate of drug-likeness (QED) is 0.802. The van der Waals surface area contributed by atoms with Crippen LogP contribution >= 0.6 is 11.8 Å². The van der Waals surface area contributed by atoms with Gasteiger partial charge < -0.3 is 15.1 Å². The molecule has 92 valence electrons. The Balaban J connectivity index is 2.19. The summed E-state index contributed by atoms with van der Waals surface area (Å²) in [4.78, 5) is 7.29. The number of furan rings is 1. The predicted octanol–water partition coefficient (Wildman–Crippen LogP) is 2.88. The van der Waals surface area contributed by atoms with Gasteiger partial charge in [-0.15, -0.1) is 0 Å². The number of nitrogens with two attached hydrogens (primary N) is 1. The lowest BCUT2D eigenvalue weighted by molar-refractivity contribution is 0.454. The van der Waals surface area contributed by atoms with E-state index in [-0.39, 0.29) is 11.3 Å². The molecular formula is C12H17N3OS. The van der Waals surface area contributed by atoms with Crippen LogP contribution in [0.15, 0.2) is 34.1 Å². The summed E-state index contributed by atoms with van der Waals surface area (Å²) in [5, 5.41) is 0.966. The van der Waals surface area contributed by atoms with Crippen molar-refractivity contribution in [2.24, 2.45) is 5.73 Å². The van der Waals surface area contributed by atoms with Crippen molar-refractivity contribution in [1.29, 1.82) is 0 Å². The van der Waals surface area contributed by atoms with Gasteiger partial charge in [0.1, 0.15) is 11.5 Å². The first-order valence-corrected chi connectivity index (χ1v) is 6.56. The standard InChI is InChI=1S/C12H17N3OS/c1-3-9(13)11(10-5-4-8(2)16-10)17-12-14-6-7-15-12/h4-7,9,11H,3,13H2,1-2H3,(H,14,15). The van der Waals surface area contributed by atoms with Crippen molar-refractivity contribution in [2.45, 2.75) is 36.7 Å². The van der Waals surface area contributed by atoms with Gasteiger partial charge in [0.05, 0.1) is 5.25 Å². The second-order valence-corrected chi connectivity index (χ2v) is 5.08. The van der Waals surface area contributed by atoms with E-state index in [1.165, 1.54) is 0 Å². The van der Waals surface area contributed by atoms with Crippen LogP contribution in [0.5, 0.6) is 0 Å². The Morgan fingerprint density at radius 3 is 2.88 bits per heavy atom. The Morgan fingerprint density at radius 1 is 1.53 bits per heavy atom. The van der Waals surface area contributed by atoms with Crippen LogP contribution in [0.25, 0.3) is 0 Å². The van der Waals surface area contributed by atoms with Crippen LogP contribution in [-0.4, -0.2) is 16.0 Å². The van der Waals surface area contributed by atoms with Crippen molar-refractivity contribution >= 4 is 11.8 Å². The lowest BCUT2D eigenvalue weighted by Gasteiger charge is -2.19. The summed E-state index contributed by atoms with van der Waals surface area (Å²) in [6.07, 6.45) is 4.45. The average molecular weight is 251 g/mol. The number of thioether (sulfide) groups is 1. The fourth-order valence-corrected chi connectivity index (χ4v) is 2.72. The molecule has 0 spiro atoms. The number of nitrogens with one attached hydrogen (secondary N) is 1. The van der Waals surface area contributed by atoms with Crippen LogP contribution < -0.4 is 5.73 Å². The molecule has 0 radical (unpaired) electrons. The second kappa shape index (κ2) is 5.42. The Hall–Kier alpha value is -1.20. The molecule has 0 aliphatic rings. The van der Waals surface area contributed by atoms with Gasteiger partial charge in [0.15, 0.2) is 5.16 Å². The van der Waals surface area contributed by atoms with Gasteiger partial charge in [-0.2, -0.15) is 0 Å². The SMILES string of the molecule is CCC(N)C(Sc1ncc[nH]1)c1ccc(C)o1. The molecule has 2 heterocycles. The molecule has 2 aromatic rings. The van der Waals surface area contributed by atoms with Crippen LogP contribution in [-0.2, 0) is 0 Å². The number of hydrogen-bond acceptors (Lipinski definition) is 4. The van der Waals surface area contributed by atoms with Crippen LogP contribution in [0.3, 0.4) is 0 Å². The number of imidazole rings is 1. The lowest BCUT2D eigenvalue weighted by Crippen LogP contribution is -2.25. The van der Waals surface area contributed by atoms with Crippen molar-refractivity contribution in [2.75, 3.05) is 0 Å². The van der Waals surface area contributed by atoms with Gasteiger partial charge >= 0.3 is 0 Å². The summed E-state index contributed by atoms with van der Waals surface area (Å²) in [6, 6.07) is 4.01. The molecule has 2 unspecified atom stereocenters. The molecule has 0 bridgehead atoms. The molecule has 0 saturated carbocycles. The van der Waals surface area contributed by atoms with E-state index in [0.717, 1.165) is 23.1 Å². The number of hydrogen-bond donors (Lipinski definition) is 2. The van der Waals surface area contributed by atoms with Crippen molar-refractivity contribution in [3.63, 3.8) is 0 Å². The molecule has 0 aliphatic carbocycles. The first-order chi connectivity index (χ1) is 8.20. The zero-order chi connectivity index (χ0) is 12.3. The minimum atomic E-state index is 0.0515. The highest BCUT2D eigenvalue weighted by Crippen LogP contribution is 2.37. The van der Waals surface area contributed by atoms with E-state index in [0.29, 0.717) is 0 Å². The van der Waals surface area contributed by atoms with Gasteiger partial charge in [-0.05, 0) is 25.5 Å². The zero-order valence-electron chi connectivity index (χ0n) is 10.0. The van der Waals surface area contributed by atoms with Crippen LogP contribution in [0, 0.1) is 6.92 Å². The van der Waals surface area contributed by atoms with Gasteiger partial charge in [0.2, 0.25) is 0 Å². The summed E-state index contributed by atoms with van der Waals surface area (Å²) >= 11 is 1.61. The Kier molecular flexibility index (Phi) is 3.91. The Morgan fingerprint density at radius 2 is 2.35 bits per heavy atom. The van der Waals surface area contributed by atoms with E-state index in [1.54, 1.807) is 18.0 Å². The molecule has 0 aliphatic heterocycles. The van der Waals surface area contributed by atoms with Gasteiger partial charge in [0, 0.05) is 18.4 Å². The third-order valence-corrected chi connectivity index (χ3v) is 3.90. The monoisotopic (exact) mass is 251 g/mol. The number of H-pyrrole nitrogens is 1. The number of rotatable bonds is 5. The second-order valence-electron chi connectivity index (χ2n) is 3.95. The molecule has 2 rings (SSSR count). The largest absolute Gasteiger partial charge is 0.465 e. The van der Waals surface area contributed by atoms with Crippen LogP contribution in [0.1, 0.15) is 30.1 Å². The molecule has 0 fully saturated rings. The topological polar surface area (TPSA) is 67.8 Å². The average Bonchev–Trinajstić information content (AvgIpc) is 2.96. The summed E-state index contributed by atoms with van der Waals surface area (Å²) < 4.78 is 5.67. The van der Waals surface area contributed by atoms with E-state index in [9.17, 15) is 0 Å². The molecule has 5 heteroatoms. The van der Waals surface area contributed by atoms with E-state index in [4.69, 9.17) is 10.2 Å². The van der Waals surface area contributed by atoms with Gasteiger partial charge in [0.25, 0.3) is 0 Å². The van der Waals surface area contributed by atoms with E-state index in [1.807, 2.05) is 25.3 Å². The van der Waals surface area contributed by atoms with Crippen LogP contribution in [0.4, 0.5) is 0 Å². The normalized spacial score (nSPS) is 14.8. The maximum atomic E-state index is 6.15. The van der Waals surface area contributed by atoms with Crippen LogP contribution in [0.2, 0.25) is 0 Å². The van der Waals surface area contributed by atoms with E-state index in [2.05, 4.69) is 16.9 Å². The van der Waals surface area contributed by atoms with E-state index >= 15 is 0 Å². The zero-order valence-corrected chi connectivity index (χ0v) is 10.8. The van der Waals surface area contributed by atoms with Gasteiger partial charge in [-0.1, -0.05) is 18.7 Å². The molecule has 4 nitrogen and oxygen atoms in total. The first kappa shape index (κ1) is 12.3. The molecule has 0 aromatic carbocycles. The summed E-state index contributed by atoms with van der Waals surface area (Å²) in [6.45, 7) is 4.02. The molecule has 2 aromatic heterocycles. The number of aromatic nitrogens is 2. The third kappa shape index (κ3) is 2.92. The minimum Gasteiger partial charge on any atom is -0.465 e. The maximum Gasteiger partial charge on any atom is 0.166 e. The third-order valence-electron chi connectivity index (χ3n) is 2.61. The molecule has 2 atom stereocenters. The summed E-state index contributed by atoms with van der Waals surface area (Å²) in [5.74, 6) is 1.83. The predicted molar refractivity (Wildman–Crippen MR) is 68.9 cm³/mol. The fourth-order valence-electron chi connectivity index (χ4n) is 1.61. The van der Waals surface area contributed by atoms with Crippen molar-refractivity contribution < 1.29 is 4.42 Å². The highest BCUT2D eigenvalue weighted by molar-refractivity contribution is 7.99. The number of aromatic amines is 1. The Labute approximate surface area is 105 Å². The Bertz CT molecular complexity index is 452. The summed E-state index contributed by atoms with van der Waals surface area (Å²) in [5.41, 5.74) is 6.15. The molecule has 3 N–H and O–H groups in total. The van der Waals surface area contributed by atoms with Gasteiger partial charge in [-0.25, -0.2) is 4.98 Å². The number of nitrogens with zero attached hydrogens (tertiary/aromatic N) is 1. The van der Waals surface area contributed by atoms with E-state index < -0.39 is 0 Å². The lowest BCUT2D eigenvalue weighted by atomic mass is 10.1. The van der Waals surface area contributed by atoms with Crippen molar-refractivity contribution in [1.82, 2.24) is 9.97 Å². The molecule has 0 amide bonds. The highest BCUT2D eigenvalue weighted by Gasteiger charge is 2.23. The smallest absolute Gasteiger partial charge is 0.166 e. The first-order valence-electron chi connectivity index (χ1n) is 5.68. The van der Waals surface area contributed by atoms with Gasteiger partial charge in [-0.3, -0.25) is 0 Å². The fraction of sp³-hybridized carbons (Fsp3) is 0.417. The summed E-state index contributed by atoms with van der Waals surface area (Å²) in [7, 11) is 0. The molecule has 0 saturated heterocycles. The number of aryl methyl sites for hydroxylation is 1. The molecular weight excluding hydrogens is 234 g/mol. The maximum absolute atomic E-state index is 6.15. The minimum absolute atomic E-state index is 0.0515. The van der Waals surface area contributed by atoms with Crippen molar-refractivity contribution in [3.05, 3.63) is 36.0 Å². The molecule has 17 heavy (non-hydrogen) atoms. The van der Waals surface area contributed by atoms with Crippen molar-refractivity contribution in [3.8, 4) is 0 Å².